The molecule has 7 heteroatoms. The van der Waals surface area contributed by atoms with Gasteiger partial charge in [0, 0.05) is 0 Å². The topological polar surface area (TPSA) is 92.2 Å². The minimum absolute atomic E-state index is 0. The molecule has 4 nitrogen and oxygen atoms in total. The smallest absolute Gasteiger partial charge is 0.599 e. The largest absolute Gasteiger partial charge is 2.00 e. The van der Waals surface area contributed by atoms with Crippen LogP contribution in [-0.4, -0.2) is 0 Å². The van der Waals surface area contributed by atoms with Gasteiger partial charge in [0.1, 0.15) is 0 Å². The van der Waals surface area contributed by atoms with E-state index >= 15 is 0 Å². The summed E-state index contributed by atoms with van der Waals surface area (Å²) in [6.07, 6.45) is 0. The molecule has 0 aliphatic carbocycles. The van der Waals surface area contributed by atoms with Gasteiger partial charge in [-0.15, -0.1) is 0 Å². The van der Waals surface area contributed by atoms with Crippen molar-refractivity contribution in [3.05, 3.63) is 0 Å². The van der Waals surface area contributed by atoms with Crippen molar-refractivity contribution in [1.82, 2.24) is 0 Å². The first kappa shape index (κ1) is 15.9. The summed E-state index contributed by atoms with van der Waals surface area (Å²) in [7, 11) is 0. The molecule has 0 amide bonds. The van der Waals surface area contributed by atoms with Gasteiger partial charge in [0.15, 0.2) is 44.1 Å². The summed E-state index contributed by atoms with van der Waals surface area (Å²) in [4.78, 5) is 0. The van der Waals surface area contributed by atoms with Crippen LogP contribution in [0.2, 0.25) is 0 Å². The van der Waals surface area contributed by atoms with Crippen LogP contribution in [0.1, 0.15) is 0 Å². The first-order chi connectivity index (χ1) is 2.83. The van der Waals surface area contributed by atoms with E-state index in [1.54, 1.807) is 0 Å². The van der Waals surface area contributed by atoms with Crippen molar-refractivity contribution in [3.63, 3.8) is 0 Å². The molecule has 0 radical (unpaired) electrons. The van der Waals surface area contributed by atoms with E-state index in [1.165, 1.54) is 0 Å². The van der Waals surface area contributed by atoms with E-state index in [0.717, 1.165) is 0 Å². The molecule has 46 valence electrons. The molecule has 0 saturated heterocycles. The van der Waals surface area contributed by atoms with E-state index in [4.69, 9.17) is 13.7 Å². The van der Waals surface area contributed by atoms with Gasteiger partial charge in [-0.1, -0.05) is 0 Å². The zero-order valence-electron chi connectivity index (χ0n) is 2.74. The van der Waals surface area contributed by atoms with Crippen LogP contribution >= 0.6 is 0 Å². The van der Waals surface area contributed by atoms with Crippen LogP contribution in [0.4, 0.5) is 0 Å². The molecule has 0 heterocycles. The summed E-state index contributed by atoms with van der Waals surface area (Å²) in [6, 6.07) is 0. The van der Waals surface area contributed by atoms with Gasteiger partial charge in [0.25, 0.3) is 0 Å². The molecular weight excluding hydrogens is 374 g/mol. The van der Waals surface area contributed by atoms with E-state index in [9.17, 15) is 0 Å². The number of halogens is 2. The first-order valence-corrected chi connectivity index (χ1v) is 4.14. The zero-order chi connectivity index (χ0) is 5.41. The summed E-state index contributed by atoms with van der Waals surface area (Å²) in [5, 5.41) is 0. The predicted molar refractivity (Wildman–Crippen MR) is 0 cm³/mol. The predicted octanol–water partition coefficient (Wildman–Crippen LogP) is -10.8. The molecule has 0 fully saturated rings. The second-order valence-corrected chi connectivity index (χ2v) is 0.845. The van der Waals surface area contributed by atoms with Crippen molar-refractivity contribution in [3.8, 4) is 0 Å². The normalized spacial score (nSPS) is 5.14. The Morgan fingerprint density at radius 1 is 0.714 bits per heavy atom. The molecule has 0 rings (SSSR count). The van der Waals surface area contributed by atoms with E-state index in [1.807, 2.05) is 0 Å². The van der Waals surface area contributed by atoms with Gasteiger partial charge in [-0.3, -0.25) is 0 Å². The fraction of sp³-hybridized carbons (Fsp3) is 0. The van der Waals surface area contributed by atoms with Crippen LogP contribution < -0.4 is 57.8 Å². The molecule has 0 bridgehead atoms. The Morgan fingerprint density at radius 2 is 0.714 bits per heavy atom. The van der Waals surface area contributed by atoms with Crippen molar-refractivity contribution >= 4 is 0 Å². The second kappa shape index (κ2) is 24.9. The summed E-state index contributed by atoms with van der Waals surface area (Å²) in [6.45, 7) is 0. The maximum Gasteiger partial charge on any atom is 2.00 e. The molecule has 0 aliphatic rings. The van der Waals surface area contributed by atoms with Crippen LogP contribution in [0.3, 0.4) is 0 Å². The van der Waals surface area contributed by atoms with Gasteiger partial charge in [0.05, 0.1) is 0 Å². The summed E-state index contributed by atoms with van der Waals surface area (Å²) < 4.78 is 33.9. The van der Waals surface area contributed by atoms with Crippen LogP contribution in [-0.2, 0) is 17.1 Å². The van der Waals surface area contributed by atoms with Crippen LogP contribution in [0.15, 0.2) is 0 Å². The van der Waals surface area contributed by atoms with E-state index in [0.29, 0.717) is 0 Å². The molecule has 0 spiro atoms. The van der Waals surface area contributed by atoms with Gasteiger partial charge in [-0.2, -0.15) is 0 Å². The average molecular weight is 374 g/mol. The molecule has 0 N–H and O–H groups in total. The van der Waals surface area contributed by atoms with Crippen molar-refractivity contribution in [2.45, 2.75) is 0 Å². The Morgan fingerprint density at radius 3 is 0.714 bits per heavy atom. The van der Waals surface area contributed by atoms with Crippen molar-refractivity contribution in [1.29, 1.82) is 0 Å². The Bertz CT molecular complexity index is 11.7. The summed E-state index contributed by atoms with van der Waals surface area (Å²) >= 11 is -3.82. The van der Waals surface area contributed by atoms with Crippen LogP contribution in [0.25, 0.3) is 0 Å². The van der Waals surface area contributed by atoms with Gasteiger partial charge < -0.3 is 13.7 Å². The van der Waals surface area contributed by atoms with Crippen molar-refractivity contribution in [2.75, 3.05) is 0 Å². The van der Waals surface area contributed by atoms with E-state index in [-0.39, 0.29) is 17.1 Å². The standard InChI is InChI=1S/Fe.2IO2/c;2*2-1-3/q+2;2*-1. The van der Waals surface area contributed by atoms with Crippen LogP contribution in [0.5, 0.6) is 0 Å². The fourth-order valence-electron chi connectivity index (χ4n) is 0. The summed E-state index contributed by atoms with van der Waals surface area (Å²) in [5.74, 6) is 0. The number of rotatable bonds is 0. The third-order valence-electron chi connectivity index (χ3n) is 0. The number of hydrogen-bond donors (Lipinski definition) is 0. The molecule has 0 aromatic heterocycles. The van der Waals surface area contributed by atoms with Gasteiger partial charge in [-0.05, 0) is 0 Å². The molecule has 0 saturated carbocycles. The Balaban J connectivity index is -0.0000000400. The quantitative estimate of drug-likeness (QED) is 0.311. The molecular formula is FeI2O4. The minimum Gasteiger partial charge on any atom is -0.599 e. The minimum atomic E-state index is -1.91. The Hall–Kier alpha value is 1.82. The fourth-order valence-corrected chi connectivity index (χ4v) is 0. The van der Waals surface area contributed by atoms with E-state index in [2.05, 4.69) is 0 Å². The van der Waals surface area contributed by atoms with Crippen LogP contribution in [0, 0.1) is 0 Å². The average Bonchev–Trinajstić information content (AvgIpc) is 1.39. The monoisotopic (exact) mass is 374 g/mol. The maximum absolute atomic E-state index is 8.48. The maximum atomic E-state index is 8.48. The van der Waals surface area contributed by atoms with E-state index < -0.39 is 44.1 Å². The van der Waals surface area contributed by atoms with Gasteiger partial charge in [0.2, 0.25) is 0 Å². The zero-order valence-corrected chi connectivity index (χ0v) is 8.16. The molecule has 7 heavy (non-hydrogen) atoms. The van der Waals surface area contributed by atoms with Gasteiger partial charge >= 0.3 is 17.1 Å². The molecule has 0 aromatic carbocycles. The molecule has 0 unspecified atom stereocenters. The molecule has 0 atom stereocenters. The first-order valence-electron chi connectivity index (χ1n) is 0.617. The second-order valence-electron chi connectivity index (χ2n) is 0.126. The number of hydrogen-bond acceptors (Lipinski definition) is 4. The summed E-state index contributed by atoms with van der Waals surface area (Å²) in [5.41, 5.74) is 0. The van der Waals surface area contributed by atoms with Crippen molar-refractivity contribution in [2.24, 2.45) is 0 Å². The third kappa shape index (κ3) is 80.0. The molecule has 0 aliphatic heterocycles. The third-order valence-corrected chi connectivity index (χ3v) is 0. The van der Waals surface area contributed by atoms with Gasteiger partial charge in [-0.25, -0.2) is 0 Å². The SMILES string of the molecule is [Fe+2].[O-][I+][O-].[O-][I+][O-]. The Kier molecular flexibility index (Phi) is 56.7. The molecule has 0 aromatic rings. The van der Waals surface area contributed by atoms with Crippen molar-refractivity contribution < 1.29 is 74.9 Å². The Labute approximate surface area is 74.1 Å².